The lowest BCUT2D eigenvalue weighted by molar-refractivity contribution is -0.165. The lowest BCUT2D eigenvalue weighted by atomic mass is 10.2. The molecule has 0 spiro atoms. The molecule has 1 fully saturated rings. The summed E-state index contributed by atoms with van der Waals surface area (Å²) in [5, 5.41) is 3.83. The minimum atomic E-state index is -1.02. The summed E-state index contributed by atoms with van der Waals surface area (Å²) < 4.78 is 16.7. The van der Waals surface area contributed by atoms with Gasteiger partial charge in [0.1, 0.15) is 12.1 Å². The number of aromatic nitrogens is 3. The Morgan fingerprint density at radius 2 is 1.95 bits per heavy atom. The van der Waals surface area contributed by atoms with Gasteiger partial charge in [-0.25, -0.2) is 9.67 Å². The molecule has 0 aromatic carbocycles. The Kier molecular flexibility index (Phi) is 4.11. The second-order valence-electron chi connectivity index (χ2n) is 4.49. The first-order chi connectivity index (χ1) is 10.3. The number of nitrogens with zero attached hydrogens (tertiary/aromatic N) is 3. The molecule has 2 rings (SSSR count). The molecule has 1 saturated heterocycles. The Morgan fingerprint density at radius 3 is 2.45 bits per heavy atom. The van der Waals surface area contributed by atoms with E-state index in [-0.39, 0.29) is 11.6 Å². The van der Waals surface area contributed by atoms with Crippen LogP contribution < -0.4 is 5.73 Å². The normalized spacial score (nSPS) is 23.7. The molecule has 118 valence electrons. The Hall–Kier alpha value is -2.91. The van der Waals surface area contributed by atoms with Crippen LogP contribution in [-0.4, -0.2) is 44.8 Å². The summed E-state index contributed by atoms with van der Waals surface area (Å²) in [6.45, 7) is 6.01. The predicted molar refractivity (Wildman–Crippen MR) is 68.9 cm³/mol. The van der Waals surface area contributed by atoms with Crippen LogP contribution in [-0.2, 0) is 23.8 Å². The number of hydrogen-bond donors (Lipinski definition) is 1. The quantitative estimate of drug-likeness (QED) is 0.720. The molecule has 0 aliphatic carbocycles. The molecule has 10 heteroatoms. The second-order valence-corrected chi connectivity index (χ2v) is 4.49. The van der Waals surface area contributed by atoms with Gasteiger partial charge in [-0.2, -0.15) is 0 Å². The first kappa shape index (κ1) is 15.5. The number of rotatable bonds is 4. The summed E-state index contributed by atoms with van der Waals surface area (Å²) in [6.07, 6.45) is -1.81. The van der Waals surface area contributed by atoms with Gasteiger partial charge in [0, 0.05) is 13.8 Å². The van der Waals surface area contributed by atoms with Crippen LogP contribution >= 0.6 is 0 Å². The van der Waals surface area contributed by atoms with Gasteiger partial charge in [-0.3, -0.25) is 14.4 Å². The van der Waals surface area contributed by atoms with Crippen molar-refractivity contribution in [2.75, 3.05) is 0 Å². The number of amides is 1. The molecule has 1 aromatic rings. The maximum atomic E-state index is 11.3. The van der Waals surface area contributed by atoms with Crippen molar-refractivity contribution in [2.45, 2.75) is 32.3 Å². The topological polar surface area (TPSA) is 136 Å². The van der Waals surface area contributed by atoms with Gasteiger partial charge in [-0.05, 0) is 0 Å². The number of ether oxygens (including phenoxy) is 3. The van der Waals surface area contributed by atoms with Crippen molar-refractivity contribution in [1.29, 1.82) is 0 Å². The fourth-order valence-electron chi connectivity index (χ4n) is 1.96. The Morgan fingerprint density at radius 1 is 1.32 bits per heavy atom. The number of esters is 2. The van der Waals surface area contributed by atoms with Crippen molar-refractivity contribution in [3.8, 4) is 0 Å². The standard InChI is InChI=1S/C12H14N4O6/c1-5-8(21-6(2)17)9(22-7(3)18)12(20-5)16-4-14-11(15-16)10(13)19/h4,8-9,12H,1H2,2-3H3,(H2,13,19)/t8-,9-,12-/m1/s1. The molecule has 22 heavy (non-hydrogen) atoms. The SMILES string of the molecule is C=C1O[C@@H](n2cnc(C(N)=O)n2)[C@H](OC(C)=O)[C@@H]1OC(C)=O. The van der Waals surface area contributed by atoms with Gasteiger partial charge in [0.15, 0.2) is 0 Å². The third-order valence-corrected chi connectivity index (χ3v) is 2.75. The zero-order chi connectivity index (χ0) is 16.4. The van der Waals surface area contributed by atoms with Gasteiger partial charge < -0.3 is 19.9 Å². The fraction of sp³-hybridized carbons (Fsp3) is 0.417. The zero-order valence-corrected chi connectivity index (χ0v) is 11.9. The van der Waals surface area contributed by atoms with E-state index in [0.717, 1.165) is 4.68 Å². The lowest BCUT2D eigenvalue weighted by Gasteiger charge is -2.20. The molecule has 10 nitrogen and oxygen atoms in total. The molecular formula is C12H14N4O6. The molecule has 1 aliphatic rings. The summed E-state index contributed by atoms with van der Waals surface area (Å²) in [6, 6.07) is 0. The largest absolute Gasteiger partial charge is 0.465 e. The molecule has 3 atom stereocenters. The molecule has 0 bridgehead atoms. The third kappa shape index (κ3) is 3.05. The minimum Gasteiger partial charge on any atom is -0.465 e. The van der Waals surface area contributed by atoms with E-state index in [0.29, 0.717) is 0 Å². The predicted octanol–water partition coefficient (Wildman–Crippen LogP) is -0.717. The summed E-state index contributed by atoms with van der Waals surface area (Å²) in [4.78, 5) is 37.2. The smallest absolute Gasteiger partial charge is 0.303 e. The molecular weight excluding hydrogens is 296 g/mol. The van der Waals surface area contributed by atoms with Gasteiger partial charge in [0.25, 0.3) is 5.91 Å². The van der Waals surface area contributed by atoms with E-state index >= 15 is 0 Å². The van der Waals surface area contributed by atoms with E-state index in [1.807, 2.05) is 0 Å². The third-order valence-electron chi connectivity index (χ3n) is 2.75. The van der Waals surface area contributed by atoms with Gasteiger partial charge in [0.05, 0.1) is 0 Å². The number of hydrogen-bond acceptors (Lipinski definition) is 8. The number of primary amides is 1. The second kappa shape index (κ2) is 5.84. The van der Waals surface area contributed by atoms with Gasteiger partial charge in [0.2, 0.25) is 24.3 Å². The highest BCUT2D eigenvalue weighted by Crippen LogP contribution is 2.35. The maximum absolute atomic E-state index is 11.3. The van der Waals surface area contributed by atoms with E-state index in [1.165, 1.54) is 20.2 Å². The van der Waals surface area contributed by atoms with Crippen LogP contribution in [0.5, 0.6) is 0 Å². The first-order valence-corrected chi connectivity index (χ1v) is 6.20. The van der Waals surface area contributed by atoms with E-state index in [1.54, 1.807) is 0 Å². The Balaban J connectivity index is 2.31. The zero-order valence-electron chi connectivity index (χ0n) is 11.9. The van der Waals surface area contributed by atoms with Crippen LogP contribution in [0.1, 0.15) is 30.7 Å². The summed E-state index contributed by atoms with van der Waals surface area (Å²) in [5.41, 5.74) is 5.07. The molecule has 1 aromatic heterocycles. The van der Waals surface area contributed by atoms with E-state index in [9.17, 15) is 14.4 Å². The molecule has 2 heterocycles. The average molecular weight is 310 g/mol. The van der Waals surface area contributed by atoms with Crippen LogP contribution in [0.2, 0.25) is 0 Å². The summed E-state index contributed by atoms with van der Waals surface area (Å²) in [5.74, 6) is -2.17. The van der Waals surface area contributed by atoms with Gasteiger partial charge in [-0.1, -0.05) is 6.58 Å². The summed E-state index contributed by atoms with van der Waals surface area (Å²) >= 11 is 0. The fourth-order valence-corrected chi connectivity index (χ4v) is 1.96. The highest BCUT2D eigenvalue weighted by Gasteiger charge is 2.47. The van der Waals surface area contributed by atoms with E-state index in [2.05, 4.69) is 16.7 Å². The van der Waals surface area contributed by atoms with Gasteiger partial charge in [-0.15, -0.1) is 5.10 Å². The monoisotopic (exact) mass is 310 g/mol. The molecule has 1 amide bonds. The van der Waals surface area contributed by atoms with Crippen molar-refractivity contribution < 1.29 is 28.6 Å². The van der Waals surface area contributed by atoms with Gasteiger partial charge >= 0.3 is 11.9 Å². The molecule has 1 aliphatic heterocycles. The first-order valence-electron chi connectivity index (χ1n) is 6.20. The van der Waals surface area contributed by atoms with E-state index in [4.69, 9.17) is 19.9 Å². The van der Waals surface area contributed by atoms with Crippen molar-refractivity contribution >= 4 is 17.8 Å². The van der Waals surface area contributed by atoms with Crippen LogP contribution in [0.3, 0.4) is 0 Å². The van der Waals surface area contributed by atoms with Crippen molar-refractivity contribution in [2.24, 2.45) is 5.73 Å². The van der Waals surface area contributed by atoms with E-state index < -0.39 is 36.3 Å². The molecule has 2 N–H and O–H groups in total. The molecule has 0 radical (unpaired) electrons. The lowest BCUT2D eigenvalue weighted by Crippen LogP contribution is -2.35. The molecule has 0 unspecified atom stereocenters. The van der Waals surface area contributed by atoms with Crippen LogP contribution in [0.25, 0.3) is 0 Å². The minimum absolute atomic E-state index is 0.0857. The number of carbonyl (C=O) groups is 3. The van der Waals surface area contributed by atoms with Crippen molar-refractivity contribution in [1.82, 2.24) is 14.8 Å². The highest BCUT2D eigenvalue weighted by atomic mass is 16.6. The highest BCUT2D eigenvalue weighted by molar-refractivity contribution is 5.88. The maximum Gasteiger partial charge on any atom is 0.303 e. The van der Waals surface area contributed by atoms with Crippen LogP contribution in [0, 0.1) is 0 Å². The van der Waals surface area contributed by atoms with Crippen molar-refractivity contribution in [3.63, 3.8) is 0 Å². The van der Waals surface area contributed by atoms with Crippen LogP contribution in [0.4, 0.5) is 0 Å². The average Bonchev–Trinajstić information content (AvgIpc) is 2.97. The number of carbonyl (C=O) groups excluding carboxylic acids is 3. The molecule has 0 saturated carbocycles. The summed E-state index contributed by atoms with van der Waals surface area (Å²) in [7, 11) is 0. The Labute approximate surface area is 124 Å². The van der Waals surface area contributed by atoms with Crippen LogP contribution in [0.15, 0.2) is 18.7 Å². The Bertz CT molecular complexity index is 639. The number of nitrogens with two attached hydrogens (primary N) is 1. The van der Waals surface area contributed by atoms with Crippen molar-refractivity contribution in [3.05, 3.63) is 24.5 Å².